The van der Waals surface area contributed by atoms with E-state index in [1.165, 1.54) is 0 Å². The number of amides is 3. The lowest BCUT2D eigenvalue weighted by atomic mass is 10.1. The van der Waals surface area contributed by atoms with Gasteiger partial charge >= 0.3 is 6.03 Å². The standard InChI is InChI=1S/C16H24N4O2/c1-3-14(13-6-8-17-9-7-13)19-16(22)18-12(2)11-20-10-4-5-15(20)21/h6-9,12,14H,3-5,10-11H2,1-2H3,(H2,18,19,22)/t12-,14+/m0/s1. The van der Waals surface area contributed by atoms with Crippen LogP contribution in [-0.2, 0) is 4.79 Å². The summed E-state index contributed by atoms with van der Waals surface area (Å²) in [6.07, 6.45) is 5.78. The fraction of sp³-hybridized carbons (Fsp3) is 0.562. The molecule has 0 aromatic carbocycles. The molecular formula is C16H24N4O2. The number of carbonyl (C=O) groups is 2. The third-order valence-electron chi connectivity index (χ3n) is 3.87. The molecule has 3 amide bonds. The lowest BCUT2D eigenvalue weighted by Crippen LogP contribution is -2.47. The van der Waals surface area contributed by atoms with E-state index in [2.05, 4.69) is 15.6 Å². The maximum Gasteiger partial charge on any atom is 0.315 e. The van der Waals surface area contributed by atoms with Crippen molar-refractivity contribution in [2.45, 2.75) is 45.2 Å². The Kier molecular flexibility index (Phi) is 5.75. The summed E-state index contributed by atoms with van der Waals surface area (Å²) in [7, 11) is 0. The van der Waals surface area contributed by atoms with E-state index in [0.717, 1.165) is 24.9 Å². The van der Waals surface area contributed by atoms with Gasteiger partial charge in [-0.3, -0.25) is 9.78 Å². The number of aromatic nitrogens is 1. The molecule has 0 radical (unpaired) electrons. The van der Waals surface area contributed by atoms with Gasteiger partial charge in [-0.1, -0.05) is 6.92 Å². The quantitative estimate of drug-likeness (QED) is 0.842. The zero-order chi connectivity index (χ0) is 15.9. The lowest BCUT2D eigenvalue weighted by molar-refractivity contribution is -0.127. The first-order chi connectivity index (χ1) is 10.6. The van der Waals surface area contributed by atoms with E-state index in [9.17, 15) is 9.59 Å². The van der Waals surface area contributed by atoms with Crippen LogP contribution in [0.15, 0.2) is 24.5 Å². The molecule has 1 aliphatic heterocycles. The number of carbonyl (C=O) groups excluding carboxylic acids is 2. The van der Waals surface area contributed by atoms with Crippen molar-refractivity contribution < 1.29 is 9.59 Å². The normalized spacial score (nSPS) is 17.2. The smallest absolute Gasteiger partial charge is 0.315 e. The summed E-state index contributed by atoms with van der Waals surface area (Å²) in [5.41, 5.74) is 1.04. The first-order valence-electron chi connectivity index (χ1n) is 7.85. The average molecular weight is 304 g/mol. The number of rotatable bonds is 6. The highest BCUT2D eigenvalue weighted by Gasteiger charge is 2.22. The van der Waals surface area contributed by atoms with E-state index >= 15 is 0 Å². The Morgan fingerprint density at radius 1 is 1.36 bits per heavy atom. The highest BCUT2D eigenvalue weighted by Crippen LogP contribution is 2.15. The molecule has 2 heterocycles. The summed E-state index contributed by atoms with van der Waals surface area (Å²) in [6, 6.07) is 3.49. The minimum Gasteiger partial charge on any atom is -0.341 e. The molecule has 0 unspecified atom stereocenters. The maximum absolute atomic E-state index is 12.1. The van der Waals surface area contributed by atoms with Gasteiger partial charge in [-0.15, -0.1) is 0 Å². The molecule has 1 fully saturated rings. The predicted molar refractivity (Wildman–Crippen MR) is 84.2 cm³/mol. The van der Waals surface area contributed by atoms with Crippen LogP contribution in [0.5, 0.6) is 0 Å². The van der Waals surface area contributed by atoms with E-state index in [1.807, 2.05) is 30.9 Å². The summed E-state index contributed by atoms with van der Waals surface area (Å²) in [6.45, 7) is 5.30. The van der Waals surface area contributed by atoms with Gasteiger partial charge in [0.05, 0.1) is 6.04 Å². The highest BCUT2D eigenvalue weighted by molar-refractivity contribution is 5.78. The van der Waals surface area contributed by atoms with Gasteiger partial charge in [0, 0.05) is 37.9 Å². The third-order valence-corrected chi connectivity index (χ3v) is 3.87. The molecule has 1 aromatic rings. The molecule has 1 saturated heterocycles. The number of hydrogen-bond donors (Lipinski definition) is 2. The molecule has 0 spiro atoms. The zero-order valence-corrected chi connectivity index (χ0v) is 13.2. The molecular weight excluding hydrogens is 280 g/mol. The molecule has 0 aliphatic carbocycles. The van der Waals surface area contributed by atoms with Gasteiger partial charge in [0.2, 0.25) is 5.91 Å². The highest BCUT2D eigenvalue weighted by atomic mass is 16.2. The Morgan fingerprint density at radius 3 is 2.68 bits per heavy atom. The van der Waals surface area contributed by atoms with Crippen LogP contribution in [0.25, 0.3) is 0 Å². The van der Waals surface area contributed by atoms with Crippen LogP contribution in [0.1, 0.15) is 44.7 Å². The molecule has 1 aliphatic rings. The van der Waals surface area contributed by atoms with Gasteiger partial charge in [0.15, 0.2) is 0 Å². The minimum atomic E-state index is -0.206. The molecule has 0 bridgehead atoms. The molecule has 2 atom stereocenters. The van der Waals surface area contributed by atoms with Crippen molar-refractivity contribution in [2.75, 3.05) is 13.1 Å². The van der Waals surface area contributed by atoms with Crippen LogP contribution in [0, 0.1) is 0 Å². The summed E-state index contributed by atoms with van der Waals surface area (Å²) in [5, 5.41) is 5.87. The number of likely N-dealkylation sites (tertiary alicyclic amines) is 1. The number of nitrogens with zero attached hydrogens (tertiary/aromatic N) is 2. The van der Waals surface area contributed by atoms with E-state index in [1.54, 1.807) is 12.4 Å². The van der Waals surface area contributed by atoms with Crippen LogP contribution in [0.3, 0.4) is 0 Å². The SMILES string of the molecule is CC[C@@H](NC(=O)N[C@@H](C)CN1CCCC1=O)c1ccncc1. The van der Waals surface area contributed by atoms with Crippen LogP contribution in [0.2, 0.25) is 0 Å². The van der Waals surface area contributed by atoms with Gasteiger partial charge in [0.25, 0.3) is 0 Å². The van der Waals surface area contributed by atoms with Crippen molar-refractivity contribution in [1.82, 2.24) is 20.5 Å². The summed E-state index contributed by atoms with van der Waals surface area (Å²) in [4.78, 5) is 29.5. The van der Waals surface area contributed by atoms with Crippen molar-refractivity contribution in [1.29, 1.82) is 0 Å². The van der Waals surface area contributed by atoms with Gasteiger partial charge in [0.1, 0.15) is 0 Å². The summed E-state index contributed by atoms with van der Waals surface area (Å²) < 4.78 is 0. The summed E-state index contributed by atoms with van der Waals surface area (Å²) in [5.74, 6) is 0.178. The van der Waals surface area contributed by atoms with E-state index in [0.29, 0.717) is 13.0 Å². The molecule has 2 rings (SSSR count). The maximum atomic E-state index is 12.1. The Hall–Kier alpha value is -2.11. The van der Waals surface area contributed by atoms with Gasteiger partial charge in [-0.2, -0.15) is 0 Å². The Labute approximate surface area is 131 Å². The number of pyridine rings is 1. The molecule has 0 saturated carbocycles. The lowest BCUT2D eigenvalue weighted by Gasteiger charge is -2.23. The van der Waals surface area contributed by atoms with Crippen molar-refractivity contribution in [3.8, 4) is 0 Å². The van der Waals surface area contributed by atoms with Crippen molar-refractivity contribution in [2.24, 2.45) is 0 Å². The molecule has 1 aromatic heterocycles. The largest absolute Gasteiger partial charge is 0.341 e. The second-order valence-electron chi connectivity index (χ2n) is 5.70. The average Bonchev–Trinajstić information content (AvgIpc) is 2.90. The number of nitrogens with one attached hydrogen (secondary N) is 2. The Balaban J connectivity index is 1.82. The van der Waals surface area contributed by atoms with Crippen LogP contribution in [-0.4, -0.2) is 41.0 Å². The van der Waals surface area contributed by atoms with Crippen molar-refractivity contribution >= 4 is 11.9 Å². The van der Waals surface area contributed by atoms with Gasteiger partial charge in [-0.25, -0.2) is 4.79 Å². The minimum absolute atomic E-state index is 0.0383. The predicted octanol–water partition coefficient (Wildman–Crippen LogP) is 1.84. The molecule has 120 valence electrons. The molecule has 2 N–H and O–H groups in total. The van der Waals surface area contributed by atoms with Crippen molar-refractivity contribution in [3.63, 3.8) is 0 Å². The second kappa shape index (κ2) is 7.77. The van der Waals surface area contributed by atoms with E-state index in [4.69, 9.17) is 0 Å². The monoisotopic (exact) mass is 304 g/mol. The Bertz CT molecular complexity index is 506. The molecule has 22 heavy (non-hydrogen) atoms. The fourth-order valence-corrected chi connectivity index (χ4v) is 2.71. The molecule has 6 heteroatoms. The van der Waals surface area contributed by atoms with Gasteiger partial charge in [-0.05, 0) is 37.5 Å². The number of hydrogen-bond acceptors (Lipinski definition) is 3. The molecule has 6 nitrogen and oxygen atoms in total. The first kappa shape index (κ1) is 16.3. The van der Waals surface area contributed by atoms with E-state index < -0.39 is 0 Å². The topological polar surface area (TPSA) is 74.3 Å². The van der Waals surface area contributed by atoms with Gasteiger partial charge < -0.3 is 15.5 Å². The van der Waals surface area contributed by atoms with Crippen molar-refractivity contribution in [3.05, 3.63) is 30.1 Å². The Morgan fingerprint density at radius 2 is 2.09 bits per heavy atom. The fourth-order valence-electron chi connectivity index (χ4n) is 2.71. The second-order valence-corrected chi connectivity index (χ2v) is 5.70. The summed E-state index contributed by atoms with van der Waals surface area (Å²) >= 11 is 0. The van der Waals surface area contributed by atoms with Crippen LogP contribution in [0.4, 0.5) is 4.79 Å². The first-order valence-corrected chi connectivity index (χ1v) is 7.85. The zero-order valence-electron chi connectivity index (χ0n) is 13.2. The number of urea groups is 1. The van der Waals surface area contributed by atoms with Crippen LogP contribution < -0.4 is 10.6 Å². The third kappa shape index (κ3) is 4.44. The van der Waals surface area contributed by atoms with Crippen LogP contribution >= 0.6 is 0 Å². The van der Waals surface area contributed by atoms with E-state index in [-0.39, 0.29) is 24.0 Å².